The summed E-state index contributed by atoms with van der Waals surface area (Å²) in [7, 11) is 1.31. The molecule has 34 heavy (non-hydrogen) atoms. The maximum absolute atomic E-state index is 12.8. The largest absolute Gasteiger partial charge is 0.477 e. The molecule has 1 saturated heterocycles. The first-order valence-corrected chi connectivity index (χ1v) is 11.3. The number of pyridine rings is 1. The summed E-state index contributed by atoms with van der Waals surface area (Å²) in [6.07, 6.45) is 2.42. The van der Waals surface area contributed by atoms with E-state index in [2.05, 4.69) is 0 Å². The third kappa shape index (κ3) is 4.18. The van der Waals surface area contributed by atoms with E-state index >= 15 is 0 Å². The summed E-state index contributed by atoms with van der Waals surface area (Å²) in [6, 6.07) is 4.94. The van der Waals surface area contributed by atoms with E-state index in [1.54, 1.807) is 6.07 Å². The zero-order chi connectivity index (χ0) is 24.7. The number of anilines is 1. The van der Waals surface area contributed by atoms with Crippen molar-refractivity contribution in [2.75, 3.05) is 25.1 Å². The lowest BCUT2D eigenvalue weighted by Crippen LogP contribution is -2.29. The highest BCUT2D eigenvalue weighted by Crippen LogP contribution is 2.41. The van der Waals surface area contributed by atoms with Crippen LogP contribution in [0.15, 0.2) is 29.2 Å². The minimum absolute atomic E-state index is 0.0644. The molecule has 0 spiro atoms. The zero-order valence-corrected chi connectivity index (χ0v) is 19.7. The summed E-state index contributed by atoms with van der Waals surface area (Å²) >= 11 is 0. The summed E-state index contributed by atoms with van der Waals surface area (Å²) in [5.41, 5.74) is 2.41. The number of methoxy groups -OCH3 is 1. The van der Waals surface area contributed by atoms with Crippen LogP contribution in [0.5, 0.6) is 0 Å². The molecular weight excluding hydrogens is 440 g/mol. The van der Waals surface area contributed by atoms with Crippen molar-refractivity contribution in [3.8, 4) is 11.3 Å². The molecule has 2 aliphatic rings. The summed E-state index contributed by atoms with van der Waals surface area (Å²) in [4.78, 5) is 50.3. The van der Waals surface area contributed by atoms with Crippen molar-refractivity contribution in [1.29, 1.82) is 0 Å². The van der Waals surface area contributed by atoms with Crippen LogP contribution >= 0.6 is 0 Å². The Morgan fingerprint density at radius 1 is 1.15 bits per heavy atom. The third-order valence-electron chi connectivity index (χ3n) is 6.59. The zero-order valence-electron chi connectivity index (χ0n) is 19.7. The molecule has 0 aliphatic carbocycles. The Morgan fingerprint density at radius 2 is 1.88 bits per heavy atom. The van der Waals surface area contributed by atoms with E-state index in [1.807, 2.05) is 29.4 Å². The molecule has 2 aromatic rings. The van der Waals surface area contributed by atoms with Crippen LogP contribution in [0.4, 0.5) is 5.69 Å². The number of ether oxygens (including phenoxy) is 2. The molecule has 180 valence electrons. The minimum atomic E-state index is -1.27. The van der Waals surface area contributed by atoms with E-state index in [1.165, 1.54) is 26.3 Å². The monoisotopic (exact) mass is 468 g/mol. The first-order valence-electron chi connectivity index (χ1n) is 11.3. The summed E-state index contributed by atoms with van der Waals surface area (Å²) in [5.74, 6) is -1.96. The predicted molar refractivity (Wildman–Crippen MR) is 124 cm³/mol. The second-order valence-corrected chi connectivity index (χ2v) is 9.15. The number of aromatic nitrogens is 1. The van der Waals surface area contributed by atoms with Crippen molar-refractivity contribution in [3.05, 3.63) is 51.3 Å². The molecule has 0 radical (unpaired) electrons. The van der Waals surface area contributed by atoms with Crippen LogP contribution in [0.25, 0.3) is 11.3 Å². The first-order chi connectivity index (χ1) is 16.1. The third-order valence-corrected chi connectivity index (χ3v) is 6.59. The molecule has 1 aromatic heterocycles. The van der Waals surface area contributed by atoms with Crippen molar-refractivity contribution < 1.29 is 29.0 Å². The molecule has 0 amide bonds. The highest BCUT2D eigenvalue weighted by atomic mass is 16.5. The number of nitrogens with zero attached hydrogens (tertiary/aromatic N) is 2. The van der Waals surface area contributed by atoms with Gasteiger partial charge in [-0.3, -0.25) is 9.59 Å². The van der Waals surface area contributed by atoms with Crippen molar-refractivity contribution >= 4 is 23.6 Å². The summed E-state index contributed by atoms with van der Waals surface area (Å²) < 4.78 is 12.2. The smallest absolute Gasteiger partial charge is 0.341 e. The van der Waals surface area contributed by atoms with Crippen molar-refractivity contribution in [2.24, 2.45) is 5.92 Å². The SMILES string of the molecule is COC(=O)c1cc2c(cc1N1CCC(OC(C)=O)C1)CC(C(C)C)n1cc(C(=O)O)c(=O)cc1-2. The lowest BCUT2D eigenvalue weighted by atomic mass is 9.86. The first kappa shape index (κ1) is 23.5. The Hall–Kier alpha value is -3.62. The number of hydrogen-bond donors (Lipinski definition) is 1. The van der Waals surface area contributed by atoms with Gasteiger partial charge in [0.05, 0.1) is 30.6 Å². The van der Waals surface area contributed by atoms with Crippen LogP contribution < -0.4 is 10.3 Å². The van der Waals surface area contributed by atoms with Crippen LogP contribution in [-0.4, -0.2) is 53.9 Å². The number of esters is 2. The Kier molecular flexibility index (Phi) is 6.20. The van der Waals surface area contributed by atoms with Crippen LogP contribution in [0.2, 0.25) is 0 Å². The Morgan fingerprint density at radius 3 is 2.50 bits per heavy atom. The van der Waals surface area contributed by atoms with E-state index < -0.39 is 17.4 Å². The average Bonchev–Trinajstić information content (AvgIpc) is 3.23. The normalized spacial score (nSPS) is 18.9. The molecule has 9 heteroatoms. The molecule has 0 saturated carbocycles. The number of hydrogen-bond acceptors (Lipinski definition) is 7. The molecule has 4 rings (SSSR count). The number of carbonyl (C=O) groups excluding carboxylic acids is 2. The highest BCUT2D eigenvalue weighted by molar-refractivity contribution is 5.98. The predicted octanol–water partition coefficient (Wildman–Crippen LogP) is 2.90. The second kappa shape index (κ2) is 8.96. The van der Waals surface area contributed by atoms with Crippen LogP contribution in [0, 0.1) is 5.92 Å². The van der Waals surface area contributed by atoms with Crippen LogP contribution in [-0.2, 0) is 20.7 Å². The number of aromatic carboxylic acids is 1. The highest BCUT2D eigenvalue weighted by Gasteiger charge is 2.33. The number of fused-ring (bicyclic) bond motifs is 3. The number of benzene rings is 1. The van der Waals surface area contributed by atoms with Gasteiger partial charge in [0.15, 0.2) is 5.43 Å². The fourth-order valence-corrected chi connectivity index (χ4v) is 4.93. The lowest BCUT2D eigenvalue weighted by Gasteiger charge is -2.34. The van der Waals surface area contributed by atoms with E-state index in [9.17, 15) is 24.3 Å². The molecular formula is C25H28N2O7. The Balaban J connectivity index is 1.87. The molecule has 2 atom stereocenters. The fourth-order valence-electron chi connectivity index (χ4n) is 4.93. The van der Waals surface area contributed by atoms with Crippen molar-refractivity contribution in [1.82, 2.24) is 4.57 Å². The fraction of sp³-hybridized carbons (Fsp3) is 0.440. The molecule has 3 heterocycles. The van der Waals surface area contributed by atoms with E-state index in [-0.39, 0.29) is 29.6 Å². The maximum Gasteiger partial charge on any atom is 0.341 e. The number of carboxylic acid groups (broad SMARTS) is 1. The van der Waals surface area contributed by atoms with Crippen molar-refractivity contribution in [2.45, 2.75) is 45.8 Å². The van der Waals surface area contributed by atoms with E-state index in [0.29, 0.717) is 48.4 Å². The van der Waals surface area contributed by atoms with Crippen LogP contribution in [0.3, 0.4) is 0 Å². The minimum Gasteiger partial charge on any atom is -0.477 e. The summed E-state index contributed by atoms with van der Waals surface area (Å²) in [6.45, 7) is 6.56. The van der Waals surface area contributed by atoms with Gasteiger partial charge < -0.3 is 24.0 Å². The van der Waals surface area contributed by atoms with E-state index in [4.69, 9.17) is 9.47 Å². The summed E-state index contributed by atoms with van der Waals surface area (Å²) in [5, 5.41) is 9.46. The number of carbonyl (C=O) groups is 3. The molecule has 2 aliphatic heterocycles. The van der Waals surface area contributed by atoms with Crippen molar-refractivity contribution in [3.63, 3.8) is 0 Å². The van der Waals surface area contributed by atoms with Gasteiger partial charge >= 0.3 is 17.9 Å². The standard InChI is InChI=1S/C25H28N2O7/c1-13(2)20-7-15-8-21(26-6-5-16(11-26)34-14(3)28)18(25(32)33-4)9-17(15)22-10-23(29)19(24(30)31)12-27(20)22/h8-10,12-13,16,20H,5-7,11H2,1-4H3,(H,30,31). The lowest BCUT2D eigenvalue weighted by molar-refractivity contribution is -0.145. The van der Waals surface area contributed by atoms with Crippen LogP contribution in [0.1, 0.15) is 59.5 Å². The average molecular weight is 469 g/mol. The maximum atomic E-state index is 12.8. The molecule has 9 nitrogen and oxygen atoms in total. The topological polar surface area (TPSA) is 115 Å². The molecule has 1 N–H and O–H groups in total. The van der Waals surface area contributed by atoms with Gasteiger partial charge in [0, 0.05) is 43.8 Å². The molecule has 1 fully saturated rings. The number of rotatable bonds is 5. The van der Waals surface area contributed by atoms with Gasteiger partial charge in [0.25, 0.3) is 0 Å². The molecule has 2 unspecified atom stereocenters. The quantitative estimate of drug-likeness (QED) is 0.666. The van der Waals surface area contributed by atoms with Gasteiger partial charge in [0.2, 0.25) is 0 Å². The number of carboxylic acids is 1. The van der Waals surface area contributed by atoms with Gasteiger partial charge in [-0.15, -0.1) is 0 Å². The van der Waals surface area contributed by atoms with E-state index in [0.717, 1.165) is 5.56 Å². The van der Waals surface area contributed by atoms with Gasteiger partial charge in [-0.05, 0) is 30.0 Å². The van der Waals surface area contributed by atoms with Gasteiger partial charge in [0.1, 0.15) is 11.7 Å². The van der Waals surface area contributed by atoms with Gasteiger partial charge in [-0.2, -0.15) is 0 Å². The Labute approximate surface area is 196 Å². The second-order valence-electron chi connectivity index (χ2n) is 9.15. The molecule has 1 aromatic carbocycles. The Bertz CT molecular complexity index is 1230. The van der Waals surface area contributed by atoms with Gasteiger partial charge in [-0.1, -0.05) is 13.8 Å². The molecule has 0 bridgehead atoms. The van der Waals surface area contributed by atoms with Gasteiger partial charge in [-0.25, -0.2) is 9.59 Å².